The standard InChI is InChI=1S/C75H58S3/c1-8-46-30-34-62-66(40-46)72(64-37-33-51(78(7)9-2)45-71(64)74(62)67-41-47-20-10-12-22-52(47)54-24-14-18-28-58(54)67)60-38-39-61(57-27-17-16-26-56(57)60)73-63-35-31-50(77(5)6)44-70(63)75(65-36-32-49(76(3)4)43-69(65)73)68-42-48-21-11-13-23-53(48)55-25-15-19-29-59(55)68/h10-45H,3,5,7-9H2,1-2,4,6H3. The molecule has 14 rings (SSSR count). The van der Waals surface area contributed by atoms with Crippen LogP contribution in [0.5, 0.6) is 0 Å². The summed E-state index contributed by atoms with van der Waals surface area (Å²) in [7, 11) is -0.591. The summed E-state index contributed by atoms with van der Waals surface area (Å²) in [6.07, 6.45) is 5.41. The number of hydrogen-bond acceptors (Lipinski definition) is 0. The van der Waals surface area contributed by atoms with E-state index in [0.29, 0.717) is 0 Å². The second kappa shape index (κ2) is 19.2. The molecule has 376 valence electrons. The Morgan fingerprint density at radius 3 is 1.03 bits per heavy atom. The lowest BCUT2D eigenvalue weighted by Gasteiger charge is -2.23. The van der Waals surface area contributed by atoms with Gasteiger partial charge in [0.15, 0.2) is 0 Å². The number of aryl methyl sites for hydroxylation is 1. The van der Waals surface area contributed by atoms with Crippen LogP contribution in [0.15, 0.2) is 233 Å². The average Bonchev–Trinajstić information content (AvgIpc) is 3.63. The van der Waals surface area contributed by atoms with Gasteiger partial charge in [0.05, 0.1) is 0 Å². The van der Waals surface area contributed by atoms with E-state index in [1.807, 2.05) is 0 Å². The van der Waals surface area contributed by atoms with E-state index in [9.17, 15) is 0 Å². The summed E-state index contributed by atoms with van der Waals surface area (Å²) in [5, 5.41) is 22.6. The Morgan fingerprint density at radius 1 is 0.282 bits per heavy atom. The minimum atomic E-state index is -0.218. The van der Waals surface area contributed by atoms with Crippen LogP contribution in [0.3, 0.4) is 0 Å². The molecule has 78 heavy (non-hydrogen) atoms. The Morgan fingerprint density at radius 2 is 0.615 bits per heavy atom. The van der Waals surface area contributed by atoms with Crippen molar-refractivity contribution < 1.29 is 0 Å². The monoisotopic (exact) mass is 1050 g/mol. The average molecular weight is 1060 g/mol. The first kappa shape index (κ1) is 48.5. The van der Waals surface area contributed by atoms with Crippen LogP contribution in [0.4, 0.5) is 0 Å². The molecule has 0 aromatic heterocycles. The smallest absolute Gasteiger partial charge is 0.00176 e. The van der Waals surface area contributed by atoms with Gasteiger partial charge < -0.3 is 0 Å². The molecule has 0 fully saturated rings. The van der Waals surface area contributed by atoms with E-state index >= 15 is 0 Å². The molecule has 0 saturated heterocycles. The summed E-state index contributed by atoms with van der Waals surface area (Å²) in [5.41, 5.74) is 11.4. The van der Waals surface area contributed by atoms with Gasteiger partial charge >= 0.3 is 0 Å². The van der Waals surface area contributed by atoms with E-state index < -0.39 is 0 Å². The lowest BCUT2D eigenvalue weighted by molar-refractivity contribution is 1.15. The van der Waals surface area contributed by atoms with Crippen molar-refractivity contribution >= 4 is 146 Å². The molecular formula is C75H58S3. The minimum absolute atomic E-state index is 0.164. The van der Waals surface area contributed by atoms with Gasteiger partial charge in [0.2, 0.25) is 0 Å². The summed E-state index contributed by atoms with van der Waals surface area (Å²) in [6.45, 7) is 4.54. The molecule has 0 radical (unpaired) electrons. The molecule has 0 nitrogen and oxygen atoms in total. The third-order valence-electron chi connectivity index (χ3n) is 16.6. The van der Waals surface area contributed by atoms with Gasteiger partial charge in [0.1, 0.15) is 0 Å². The highest BCUT2D eigenvalue weighted by atomic mass is 32.2. The number of benzene rings is 14. The van der Waals surface area contributed by atoms with Crippen molar-refractivity contribution in [2.24, 2.45) is 0 Å². The van der Waals surface area contributed by atoms with Crippen LogP contribution in [-0.2, 0) is 6.42 Å². The highest BCUT2D eigenvalue weighted by Crippen LogP contribution is 2.53. The van der Waals surface area contributed by atoms with E-state index in [0.717, 1.165) is 12.2 Å². The van der Waals surface area contributed by atoms with Crippen molar-refractivity contribution in [2.45, 2.75) is 35.0 Å². The molecule has 3 heteroatoms. The molecule has 0 saturated carbocycles. The van der Waals surface area contributed by atoms with Crippen LogP contribution in [0.1, 0.15) is 19.4 Å². The van der Waals surface area contributed by atoms with Gasteiger partial charge in [-0.2, -0.15) is 31.5 Å². The van der Waals surface area contributed by atoms with Gasteiger partial charge in [-0.05, 0) is 220 Å². The van der Waals surface area contributed by atoms with Crippen molar-refractivity contribution in [3.8, 4) is 44.5 Å². The zero-order chi connectivity index (χ0) is 52.9. The second-order valence-corrected chi connectivity index (χ2v) is 26.5. The van der Waals surface area contributed by atoms with Crippen LogP contribution >= 0.6 is 31.5 Å². The number of fused-ring (bicyclic) bond motifs is 11. The quantitative estimate of drug-likeness (QED) is 0.0768. The van der Waals surface area contributed by atoms with Gasteiger partial charge in [-0.15, -0.1) is 0 Å². The van der Waals surface area contributed by atoms with Crippen LogP contribution in [0, 0.1) is 0 Å². The third-order valence-corrected chi connectivity index (χ3v) is 20.4. The molecule has 14 aromatic rings. The summed E-state index contributed by atoms with van der Waals surface area (Å²) in [6, 6.07) is 83.6. The normalized spacial score (nSPS) is 13.2. The predicted octanol–water partition coefficient (Wildman–Crippen LogP) is 21.8. The molecule has 3 atom stereocenters. The van der Waals surface area contributed by atoms with E-state index in [-0.39, 0.29) is 31.5 Å². The molecule has 0 spiro atoms. The van der Waals surface area contributed by atoms with Gasteiger partial charge in [-0.1, -0.05) is 201 Å². The first-order valence-corrected chi connectivity index (χ1v) is 32.2. The minimum Gasteiger partial charge on any atom is -0.165 e. The Hall–Kier alpha value is -7.92. The van der Waals surface area contributed by atoms with Crippen LogP contribution in [0.25, 0.3) is 141 Å². The Kier molecular flexibility index (Phi) is 11.9. The van der Waals surface area contributed by atoms with Gasteiger partial charge in [-0.25, -0.2) is 0 Å². The van der Waals surface area contributed by atoms with Gasteiger partial charge in [0.25, 0.3) is 0 Å². The zero-order valence-corrected chi connectivity index (χ0v) is 47.0. The van der Waals surface area contributed by atoms with Crippen LogP contribution in [-0.4, -0.2) is 35.9 Å². The summed E-state index contributed by atoms with van der Waals surface area (Å²) in [5.74, 6) is 14.9. The van der Waals surface area contributed by atoms with Crippen LogP contribution in [0.2, 0.25) is 0 Å². The number of rotatable bonds is 9. The first-order chi connectivity index (χ1) is 38.2. The largest absolute Gasteiger partial charge is 0.165 e. The van der Waals surface area contributed by atoms with E-state index in [1.165, 1.54) is 162 Å². The molecule has 0 N–H and O–H groups in total. The molecule has 0 aliphatic rings. The maximum absolute atomic E-state index is 4.71. The maximum atomic E-state index is 4.71. The number of hydrogen-bond donors (Lipinski definition) is 0. The molecule has 0 aliphatic carbocycles. The maximum Gasteiger partial charge on any atom is 0.00176 e. The molecule has 14 aromatic carbocycles. The topological polar surface area (TPSA) is 0 Å². The fourth-order valence-corrected chi connectivity index (χ4v) is 15.0. The zero-order valence-electron chi connectivity index (χ0n) is 44.5. The molecule has 0 aliphatic heterocycles. The summed E-state index contributed by atoms with van der Waals surface area (Å²) >= 11 is 0. The van der Waals surface area contributed by atoms with E-state index in [1.54, 1.807) is 0 Å². The van der Waals surface area contributed by atoms with Crippen molar-refractivity contribution in [3.05, 3.63) is 224 Å². The fraction of sp³-hybridized carbons (Fsp3) is 0.0800. The predicted molar refractivity (Wildman–Crippen MR) is 356 cm³/mol. The Labute approximate surface area is 464 Å². The molecule has 0 amide bonds. The summed E-state index contributed by atoms with van der Waals surface area (Å²) in [4.78, 5) is 3.79. The molecule has 0 heterocycles. The molecule has 3 unspecified atom stereocenters. The summed E-state index contributed by atoms with van der Waals surface area (Å²) < 4.78 is 0. The van der Waals surface area contributed by atoms with Crippen molar-refractivity contribution in [2.75, 3.05) is 18.3 Å². The van der Waals surface area contributed by atoms with Crippen molar-refractivity contribution in [1.29, 1.82) is 0 Å². The van der Waals surface area contributed by atoms with E-state index in [2.05, 4.69) is 256 Å². The highest BCUT2D eigenvalue weighted by Gasteiger charge is 2.25. The fourth-order valence-electron chi connectivity index (χ4n) is 12.9. The third kappa shape index (κ3) is 7.65. The Balaban J connectivity index is 1.11. The van der Waals surface area contributed by atoms with Crippen LogP contribution < -0.4 is 0 Å². The molecule has 0 bridgehead atoms. The highest BCUT2D eigenvalue weighted by molar-refractivity contribution is 8.14. The lowest BCUT2D eigenvalue weighted by Crippen LogP contribution is -1.96. The first-order valence-electron chi connectivity index (χ1n) is 27.0. The van der Waals surface area contributed by atoms with Crippen molar-refractivity contribution in [1.82, 2.24) is 0 Å². The van der Waals surface area contributed by atoms with Gasteiger partial charge in [0, 0.05) is 14.7 Å². The SMILES string of the molecule is C=S(C)c1ccc2c(-c3cc4ccccc4c4ccccc34)c3cc(S(=C)C)ccc3c(-c3ccc(-c4c5cc(CC)ccc5c(-c5cc6ccccc6c6ccccc56)c5cc(S(=C)CC)ccc45)c4ccccc34)c2c1. The van der Waals surface area contributed by atoms with E-state index in [4.69, 9.17) is 5.87 Å². The second-order valence-electron chi connectivity index (χ2n) is 21.0. The molecular weight excluding hydrogens is 997 g/mol. The van der Waals surface area contributed by atoms with Crippen molar-refractivity contribution in [3.63, 3.8) is 0 Å². The Bertz CT molecular complexity index is 4960. The van der Waals surface area contributed by atoms with Gasteiger partial charge in [-0.3, -0.25) is 0 Å². The lowest BCUT2D eigenvalue weighted by atomic mass is 9.80.